The molecule has 1 aliphatic heterocycles. The summed E-state index contributed by atoms with van der Waals surface area (Å²) in [5, 5.41) is 3.84. The highest BCUT2D eigenvalue weighted by atomic mass is 32.2. The van der Waals surface area contributed by atoms with Gasteiger partial charge in [-0.15, -0.1) is 0 Å². The molecule has 0 bridgehead atoms. The maximum atomic E-state index is 3.84. The molecule has 1 heterocycles. The summed E-state index contributed by atoms with van der Waals surface area (Å²) in [6.07, 6.45) is 5.08. The quantitative estimate of drug-likeness (QED) is 0.684. The van der Waals surface area contributed by atoms with Crippen molar-refractivity contribution >= 4 is 11.8 Å². The van der Waals surface area contributed by atoms with E-state index in [1.807, 2.05) is 0 Å². The van der Waals surface area contributed by atoms with Gasteiger partial charge in [0.1, 0.15) is 0 Å². The second-order valence-corrected chi connectivity index (χ2v) is 7.33. The highest BCUT2D eigenvalue weighted by Gasteiger charge is 2.37. The second kappa shape index (κ2) is 8.53. The van der Waals surface area contributed by atoms with Gasteiger partial charge in [-0.3, -0.25) is 4.90 Å². The smallest absolute Gasteiger partial charge is 0.0304 e. The lowest BCUT2D eigenvalue weighted by molar-refractivity contribution is 0.0397. The molecule has 2 atom stereocenters. The number of piperazine rings is 1. The Morgan fingerprint density at radius 2 is 1.95 bits per heavy atom. The number of nitrogens with one attached hydrogen (secondary N) is 1. The first-order valence-corrected chi connectivity index (χ1v) is 9.36. The molecule has 0 spiro atoms. The van der Waals surface area contributed by atoms with E-state index < -0.39 is 0 Å². The second-order valence-electron chi connectivity index (χ2n) is 5.94. The maximum absolute atomic E-state index is 3.84. The average Bonchev–Trinajstić information content (AvgIpc) is 2.46. The van der Waals surface area contributed by atoms with Crippen LogP contribution in [-0.4, -0.2) is 47.1 Å². The molecule has 114 valence electrons. The first-order valence-electron chi connectivity index (χ1n) is 8.20. The van der Waals surface area contributed by atoms with Crippen molar-refractivity contribution in [2.75, 3.05) is 24.6 Å². The largest absolute Gasteiger partial charge is 0.308 e. The molecule has 0 aromatic heterocycles. The summed E-state index contributed by atoms with van der Waals surface area (Å²) in [6.45, 7) is 14.1. The van der Waals surface area contributed by atoms with E-state index in [9.17, 15) is 0 Å². The van der Waals surface area contributed by atoms with Crippen LogP contribution in [0.2, 0.25) is 0 Å². The van der Waals surface area contributed by atoms with Crippen molar-refractivity contribution in [2.24, 2.45) is 0 Å². The molecule has 1 rings (SSSR count). The van der Waals surface area contributed by atoms with Crippen LogP contribution in [0, 0.1) is 0 Å². The SMILES string of the molecule is CCSCCC(C)N1CC(CC)(CC)NCC1CC. The summed E-state index contributed by atoms with van der Waals surface area (Å²) in [6, 6.07) is 1.46. The van der Waals surface area contributed by atoms with Crippen LogP contribution in [0.5, 0.6) is 0 Å². The third-order valence-corrected chi connectivity index (χ3v) is 5.87. The molecular weight excluding hydrogens is 252 g/mol. The van der Waals surface area contributed by atoms with Crippen molar-refractivity contribution in [3.63, 3.8) is 0 Å². The minimum atomic E-state index is 0.359. The van der Waals surface area contributed by atoms with E-state index in [2.05, 4.69) is 56.6 Å². The van der Waals surface area contributed by atoms with Gasteiger partial charge in [0.2, 0.25) is 0 Å². The number of nitrogens with zero attached hydrogens (tertiary/aromatic N) is 1. The van der Waals surface area contributed by atoms with Gasteiger partial charge < -0.3 is 5.32 Å². The van der Waals surface area contributed by atoms with E-state index in [0.717, 1.165) is 12.1 Å². The van der Waals surface area contributed by atoms with E-state index in [0.29, 0.717) is 5.54 Å². The topological polar surface area (TPSA) is 15.3 Å². The number of hydrogen-bond donors (Lipinski definition) is 1. The fourth-order valence-corrected chi connectivity index (χ4v) is 3.96. The van der Waals surface area contributed by atoms with Gasteiger partial charge in [-0.05, 0) is 44.1 Å². The maximum Gasteiger partial charge on any atom is 0.0304 e. The summed E-state index contributed by atoms with van der Waals surface area (Å²) in [7, 11) is 0. The molecule has 1 fully saturated rings. The molecule has 1 aliphatic rings. The Morgan fingerprint density at radius 3 is 2.47 bits per heavy atom. The van der Waals surface area contributed by atoms with Gasteiger partial charge in [0, 0.05) is 30.7 Å². The van der Waals surface area contributed by atoms with E-state index in [1.165, 1.54) is 50.3 Å². The molecule has 1 N–H and O–H groups in total. The average molecular weight is 287 g/mol. The van der Waals surface area contributed by atoms with Gasteiger partial charge in [-0.1, -0.05) is 27.7 Å². The van der Waals surface area contributed by atoms with Crippen molar-refractivity contribution in [3.8, 4) is 0 Å². The molecule has 0 saturated carbocycles. The minimum Gasteiger partial charge on any atom is -0.308 e. The Morgan fingerprint density at radius 1 is 1.26 bits per heavy atom. The number of rotatable bonds is 8. The first-order chi connectivity index (χ1) is 9.12. The fraction of sp³-hybridized carbons (Fsp3) is 1.00. The van der Waals surface area contributed by atoms with E-state index in [1.54, 1.807) is 0 Å². The molecule has 2 nitrogen and oxygen atoms in total. The zero-order chi connectivity index (χ0) is 14.3. The first kappa shape index (κ1) is 17.3. The van der Waals surface area contributed by atoms with Gasteiger partial charge in [-0.2, -0.15) is 11.8 Å². The van der Waals surface area contributed by atoms with Crippen LogP contribution in [0.3, 0.4) is 0 Å². The Kier molecular flexibility index (Phi) is 7.78. The van der Waals surface area contributed by atoms with Gasteiger partial charge in [0.05, 0.1) is 0 Å². The molecule has 0 radical (unpaired) electrons. The Hall–Kier alpha value is 0.270. The molecule has 0 aliphatic carbocycles. The molecule has 3 heteroatoms. The monoisotopic (exact) mass is 286 g/mol. The van der Waals surface area contributed by atoms with Crippen LogP contribution in [-0.2, 0) is 0 Å². The Bertz CT molecular complexity index is 241. The van der Waals surface area contributed by atoms with Crippen LogP contribution in [0.25, 0.3) is 0 Å². The lowest BCUT2D eigenvalue weighted by atomic mass is 9.87. The van der Waals surface area contributed by atoms with Crippen LogP contribution in [0.4, 0.5) is 0 Å². The third-order valence-electron chi connectivity index (χ3n) is 4.94. The van der Waals surface area contributed by atoms with Crippen molar-refractivity contribution in [1.29, 1.82) is 0 Å². The van der Waals surface area contributed by atoms with Gasteiger partial charge in [0.25, 0.3) is 0 Å². The molecule has 0 aromatic carbocycles. The summed E-state index contributed by atoms with van der Waals surface area (Å²) in [4.78, 5) is 2.79. The predicted molar refractivity (Wildman–Crippen MR) is 89.2 cm³/mol. The standard InChI is InChI=1S/C16H34N2S/c1-6-15-12-17-16(7-2,8-3)13-18(15)14(5)10-11-19-9-4/h14-15,17H,6-13H2,1-5H3. The zero-order valence-corrected chi connectivity index (χ0v) is 14.5. The molecule has 2 unspecified atom stereocenters. The molecule has 0 amide bonds. The van der Waals surface area contributed by atoms with Crippen molar-refractivity contribution in [2.45, 2.75) is 77.9 Å². The van der Waals surface area contributed by atoms with Crippen molar-refractivity contribution < 1.29 is 0 Å². The Labute approximate surface area is 125 Å². The summed E-state index contributed by atoms with van der Waals surface area (Å²) in [5.41, 5.74) is 0.359. The highest BCUT2D eigenvalue weighted by molar-refractivity contribution is 7.99. The fourth-order valence-electron chi connectivity index (χ4n) is 3.17. The summed E-state index contributed by atoms with van der Waals surface area (Å²) >= 11 is 2.08. The Balaban J connectivity index is 2.63. The summed E-state index contributed by atoms with van der Waals surface area (Å²) in [5.74, 6) is 2.56. The third kappa shape index (κ3) is 4.64. The van der Waals surface area contributed by atoms with Crippen LogP contribution in [0.15, 0.2) is 0 Å². The normalized spacial score (nSPS) is 25.4. The van der Waals surface area contributed by atoms with Crippen LogP contribution in [0.1, 0.15) is 60.3 Å². The number of hydrogen-bond acceptors (Lipinski definition) is 3. The van der Waals surface area contributed by atoms with Gasteiger partial charge in [-0.25, -0.2) is 0 Å². The van der Waals surface area contributed by atoms with E-state index in [4.69, 9.17) is 0 Å². The van der Waals surface area contributed by atoms with E-state index in [-0.39, 0.29) is 0 Å². The van der Waals surface area contributed by atoms with Crippen LogP contribution < -0.4 is 5.32 Å². The zero-order valence-electron chi connectivity index (χ0n) is 13.7. The summed E-state index contributed by atoms with van der Waals surface area (Å²) < 4.78 is 0. The number of thioether (sulfide) groups is 1. The predicted octanol–water partition coefficient (Wildman–Crippen LogP) is 3.76. The highest BCUT2D eigenvalue weighted by Crippen LogP contribution is 2.26. The van der Waals surface area contributed by atoms with Crippen molar-refractivity contribution in [1.82, 2.24) is 10.2 Å². The van der Waals surface area contributed by atoms with Gasteiger partial charge in [0.15, 0.2) is 0 Å². The molecule has 0 aromatic rings. The lowest BCUT2D eigenvalue weighted by Gasteiger charge is -2.49. The minimum absolute atomic E-state index is 0.359. The molecule has 1 saturated heterocycles. The molecular formula is C16H34N2S. The van der Waals surface area contributed by atoms with Crippen molar-refractivity contribution in [3.05, 3.63) is 0 Å². The van der Waals surface area contributed by atoms with Crippen LogP contribution >= 0.6 is 11.8 Å². The van der Waals surface area contributed by atoms with E-state index >= 15 is 0 Å². The van der Waals surface area contributed by atoms with Gasteiger partial charge >= 0.3 is 0 Å². The lowest BCUT2D eigenvalue weighted by Crippen LogP contribution is -2.65. The molecule has 19 heavy (non-hydrogen) atoms.